The van der Waals surface area contributed by atoms with Gasteiger partial charge < -0.3 is 6.42 Å². The van der Waals surface area contributed by atoms with Gasteiger partial charge in [-0.25, -0.2) is 5.54 Å². The fourth-order valence-electron chi connectivity index (χ4n) is 0.219. The second-order valence-electron chi connectivity index (χ2n) is 2.62. The Morgan fingerprint density at radius 1 is 1.22 bits per heavy atom. The van der Waals surface area contributed by atoms with E-state index in [0.29, 0.717) is 0 Å². The van der Waals surface area contributed by atoms with Crippen LogP contribution >= 0.6 is 0 Å². The Kier molecular flexibility index (Phi) is 6.21. The average molecular weight is 128 g/mol. The molecule has 42 valence electrons. The maximum Gasteiger partial charge on any atom is 1.00 e. The molecule has 0 heterocycles. The molecule has 0 aliphatic heterocycles. The standard InChI is InChI=1S/C7H9Si.Li/c1-5-6-7-8(2,3)4;/h2-4H3;/q-1;+1. The average Bonchev–Trinajstić information content (AvgIpc) is 1.59. The van der Waals surface area contributed by atoms with Crippen molar-refractivity contribution < 1.29 is 18.9 Å². The molecular weight excluding hydrogens is 119 g/mol. The molecule has 9 heavy (non-hydrogen) atoms. The van der Waals surface area contributed by atoms with Gasteiger partial charge in [-0.2, -0.15) is 0 Å². The molecule has 0 N–H and O–H groups in total. The van der Waals surface area contributed by atoms with Crippen molar-refractivity contribution in [2.45, 2.75) is 19.6 Å². The van der Waals surface area contributed by atoms with Crippen molar-refractivity contribution in [1.29, 1.82) is 0 Å². The molecule has 0 aliphatic rings. The van der Waals surface area contributed by atoms with Crippen molar-refractivity contribution in [3.63, 3.8) is 0 Å². The van der Waals surface area contributed by atoms with Crippen molar-refractivity contribution in [2.75, 3.05) is 0 Å². The van der Waals surface area contributed by atoms with Gasteiger partial charge in [0.1, 0.15) is 8.07 Å². The second-order valence-corrected chi connectivity index (χ2v) is 7.38. The minimum Gasteiger partial charge on any atom is -0.358 e. The molecule has 0 atom stereocenters. The Balaban J connectivity index is 0. The predicted molar refractivity (Wildman–Crippen MR) is 38.3 cm³/mol. The van der Waals surface area contributed by atoms with E-state index in [-0.39, 0.29) is 18.9 Å². The summed E-state index contributed by atoms with van der Waals surface area (Å²) in [5.41, 5.74) is 2.96. The molecule has 0 saturated carbocycles. The van der Waals surface area contributed by atoms with E-state index in [0.717, 1.165) is 0 Å². The molecular formula is C7H9LiSi. The van der Waals surface area contributed by atoms with Crippen LogP contribution in [-0.4, -0.2) is 8.07 Å². The first kappa shape index (κ1) is 11.7. The van der Waals surface area contributed by atoms with Crippen LogP contribution in [0.25, 0.3) is 0 Å². The zero-order valence-corrected chi connectivity index (χ0v) is 7.50. The van der Waals surface area contributed by atoms with E-state index in [2.05, 4.69) is 31.1 Å². The maximum atomic E-state index is 6.48. The summed E-state index contributed by atoms with van der Waals surface area (Å²) in [7, 11) is -1.22. The van der Waals surface area contributed by atoms with Gasteiger partial charge >= 0.3 is 18.9 Å². The fourth-order valence-corrected chi connectivity index (χ4v) is 0.656. The smallest absolute Gasteiger partial charge is 0.358 e. The summed E-state index contributed by atoms with van der Waals surface area (Å²) >= 11 is 0. The molecule has 0 aromatic carbocycles. The Morgan fingerprint density at radius 3 is 1.78 bits per heavy atom. The summed E-state index contributed by atoms with van der Waals surface area (Å²) in [5.74, 6) is 4.56. The van der Waals surface area contributed by atoms with E-state index in [1.165, 1.54) is 0 Å². The number of hydrogen-bond donors (Lipinski definition) is 0. The minimum atomic E-state index is -1.22. The van der Waals surface area contributed by atoms with Crippen LogP contribution in [-0.2, 0) is 0 Å². The van der Waals surface area contributed by atoms with Gasteiger partial charge in [-0.15, -0.1) is 0 Å². The summed E-state index contributed by atoms with van der Waals surface area (Å²) in [6, 6.07) is 0. The zero-order chi connectivity index (χ0) is 6.62. The van der Waals surface area contributed by atoms with Crippen molar-refractivity contribution in [3.05, 3.63) is 6.42 Å². The van der Waals surface area contributed by atoms with Crippen LogP contribution in [0.5, 0.6) is 0 Å². The molecule has 0 aromatic heterocycles. The Bertz CT molecular complexity index is 160. The van der Waals surface area contributed by atoms with E-state index in [9.17, 15) is 0 Å². The largest absolute Gasteiger partial charge is 1.00 e. The SMILES string of the molecule is [C-]#CC#C[Si](C)(C)C.[Li+]. The summed E-state index contributed by atoms with van der Waals surface area (Å²) in [6.45, 7) is 6.41. The van der Waals surface area contributed by atoms with Crippen LogP contribution in [0.1, 0.15) is 0 Å². The predicted octanol–water partition coefficient (Wildman–Crippen LogP) is -1.54. The molecule has 0 nitrogen and oxygen atoms in total. The molecule has 0 spiro atoms. The fraction of sp³-hybridized carbons (Fsp3) is 0.429. The molecule has 0 unspecified atom stereocenters. The van der Waals surface area contributed by atoms with Gasteiger partial charge in [0.05, 0.1) is 0 Å². The molecule has 0 aliphatic carbocycles. The first-order valence-corrected chi connectivity index (χ1v) is 6.00. The third-order valence-electron chi connectivity index (χ3n) is 0.500. The van der Waals surface area contributed by atoms with Crippen LogP contribution in [0.15, 0.2) is 0 Å². The molecule has 0 aromatic rings. The molecule has 0 amide bonds. The molecule has 0 rings (SSSR count). The summed E-state index contributed by atoms with van der Waals surface area (Å²) in [4.78, 5) is 0. The zero-order valence-electron chi connectivity index (χ0n) is 6.50. The third-order valence-corrected chi connectivity index (χ3v) is 1.38. The minimum absolute atomic E-state index is 0. The maximum absolute atomic E-state index is 6.48. The molecule has 0 saturated heterocycles. The Labute approximate surface area is 70.6 Å². The van der Waals surface area contributed by atoms with E-state index in [1.807, 2.05) is 5.92 Å². The monoisotopic (exact) mass is 128 g/mol. The van der Waals surface area contributed by atoms with Crippen LogP contribution in [0.4, 0.5) is 0 Å². The summed E-state index contributed by atoms with van der Waals surface area (Å²) in [6.07, 6.45) is 6.48. The van der Waals surface area contributed by atoms with E-state index in [4.69, 9.17) is 6.42 Å². The molecule has 0 fully saturated rings. The first-order valence-electron chi connectivity index (χ1n) is 2.50. The molecule has 0 radical (unpaired) electrons. The van der Waals surface area contributed by atoms with Crippen LogP contribution in [0.2, 0.25) is 19.6 Å². The third kappa shape index (κ3) is 11.5. The number of hydrogen-bond acceptors (Lipinski definition) is 0. The quantitative estimate of drug-likeness (QED) is 0.211. The topological polar surface area (TPSA) is 0 Å². The van der Waals surface area contributed by atoms with E-state index in [1.54, 1.807) is 0 Å². The molecule has 2 heteroatoms. The van der Waals surface area contributed by atoms with Gasteiger partial charge in [-0.05, 0) is 0 Å². The van der Waals surface area contributed by atoms with Crippen LogP contribution in [0, 0.1) is 23.8 Å². The number of rotatable bonds is 0. The van der Waals surface area contributed by atoms with Crippen molar-refractivity contribution in [1.82, 2.24) is 0 Å². The second kappa shape index (κ2) is 4.78. The molecule has 0 bridgehead atoms. The van der Waals surface area contributed by atoms with E-state index < -0.39 is 8.07 Å². The van der Waals surface area contributed by atoms with Crippen LogP contribution < -0.4 is 18.9 Å². The summed E-state index contributed by atoms with van der Waals surface area (Å²) in [5, 5.41) is 0. The van der Waals surface area contributed by atoms with Gasteiger partial charge in [0, 0.05) is 0 Å². The first-order chi connectivity index (χ1) is 3.56. The van der Waals surface area contributed by atoms with Gasteiger partial charge in [0.25, 0.3) is 0 Å². The van der Waals surface area contributed by atoms with E-state index >= 15 is 0 Å². The Morgan fingerprint density at radius 2 is 1.67 bits per heavy atom. The van der Waals surface area contributed by atoms with Gasteiger partial charge in [-0.1, -0.05) is 19.6 Å². The normalized spacial score (nSPS) is 7.78. The van der Waals surface area contributed by atoms with Crippen molar-refractivity contribution in [2.24, 2.45) is 0 Å². The van der Waals surface area contributed by atoms with Gasteiger partial charge in [-0.3, -0.25) is 11.8 Å². The van der Waals surface area contributed by atoms with Gasteiger partial charge in [0.15, 0.2) is 0 Å². The summed E-state index contributed by atoms with van der Waals surface area (Å²) < 4.78 is 0. The van der Waals surface area contributed by atoms with Crippen molar-refractivity contribution in [3.8, 4) is 17.4 Å². The Hall–Kier alpha value is -0.0657. The van der Waals surface area contributed by atoms with Crippen LogP contribution in [0.3, 0.4) is 0 Å². The van der Waals surface area contributed by atoms with Gasteiger partial charge in [0.2, 0.25) is 0 Å². The van der Waals surface area contributed by atoms with Crippen molar-refractivity contribution >= 4 is 8.07 Å².